The van der Waals surface area contributed by atoms with Gasteiger partial charge in [-0.1, -0.05) is 48.5 Å². The van der Waals surface area contributed by atoms with Crippen molar-refractivity contribution in [3.05, 3.63) is 71.5 Å². The highest BCUT2D eigenvalue weighted by molar-refractivity contribution is 5.99. The van der Waals surface area contributed by atoms with Crippen LogP contribution in [0.1, 0.15) is 34.5 Å². The zero-order valence-electron chi connectivity index (χ0n) is 15.1. The van der Waals surface area contributed by atoms with Gasteiger partial charge in [-0.2, -0.15) is 0 Å². The number of rotatable bonds is 3. The van der Waals surface area contributed by atoms with Crippen LogP contribution in [0.2, 0.25) is 0 Å². The van der Waals surface area contributed by atoms with Gasteiger partial charge in [0.05, 0.1) is 5.41 Å². The van der Waals surface area contributed by atoms with E-state index in [1.165, 1.54) is 0 Å². The maximum absolute atomic E-state index is 13.0. The summed E-state index contributed by atoms with van der Waals surface area (Å²) in [5, 5.41) is 10.8. The Labute approximate surface area is 157 Å². The van der Waals surface area contributed by atoms with E-state index in [1.54, 1.807) is 4.90 Å². The highest BCUT2D eigenvalue weighted by atomic mass is 16.4. The summed E-state index contributed by atoms with van der Waals surface area (Å²) in [5.41, 5.74) is 1.37. The molecule has 27 heavy (non-hydrogen) atoms. The lowest BCUT2D eigenvalue weighted by Crippen LogP contribution is -2.49. The van der Waals surface area contributed by atoms with Crippen LogP contribution in [0.25, 0.3) is 11.0 Å². The predicted molar refractivity (Wildman–Crippen MR) is 102 cm³/mol. The van der Waals surface area contributed by atoms with Crippen LogP contribution in [0.4, 0.5) is 0 Å². The number of piperidine rings is 1. The average molecular weight is 363 g/mol. The maximum atomic E-state index is 13.0. The van der Waals surface area contributed by atoms with Crippen LogP contribution in [-0.4, -0.2) is 35.0 Å². The minimum absolute atomic E-state index is 0.171. The van der Waals surface area contributed by atoms with Crippen molar-refractivity contribution >= 4 is 22.8 Å². The van der Waals surface area contributed by atoms with Crippen LogP contribution in [0.15, 0.2) is 59.0 Å². The van der Waals surface area contributed by atoms with Crippen LogP contribution in [0.3, 0.4) is 0 Å². The monoisotopic (exact) mass is 363 g/mol. The molecule has 1 aromatic heterocycles. The molecule has 0 unspecified atom stereocenters. The summed E-state index contributed by atoms with van der Waals surface area (Å²) in [7, 11) is 0. The Morgan fingerprint density at radius 1 is 1.00 bits per heavy atom. The second-order valence-electron chi connectivity index (χ2n) is 7.10. The molecule has 0 saturated carbocycles. The standard InChI is InChI=1S/C22H21NO4/c1-15-17-9-5-6-10-18(17)27-19(15)20(24)23-13-11-22(12-14-23,21(25)26)16-7-3-2-4-8-16/h2-10H,11-14H2,1H3,(H,25,26). The minimum atomic E-state index is -0.943. The summed E-state index contributed by atoms with van der Waals surface area (Å²) >= 11 is 0. The lowest BCUT2D eigenvalue weighted by atomic mass is 9.73. The zero-order chi connectivity index (χ0) is 19.0. The number of amides is 1. The van der Waals surface area contributed by atoms with E-state index in [4.69, 9.17) is 4.42 Å². The second-order valence-corrected chi connectivity index (χ2v) is 7.10. The summed E-state index contributed by atoms with van der Waals surface area (Å²) in [4.78, 5) is 26.8. The summed E-state index contributed by atoms with van der Waals surface area (Å²) < 4.78 is 5.79. The number of aryl methyl sites for hydroxylation is 1. The Morgan fingerprint density at radius 2 is 1.63 bits per heavy atom. The van der Waals surface area contributed by atoms with Crippen molar-refractivity contribution in [3.8, 4) is 0 Å². The van der Waals surface area contributed by atoms with Crippen LogP contribution in [0, 0.1) is 6.92 Å². The molecule has 1 aliphatic rings. The molecule has 4 rings (SSSR count). The van der Waals surface area contributed by atoms with Gasteiger partial charge in [0, 0.05) is 24.0 Å². The summed E-state index contributed by atoms with van der Waals surface area (Å²) in [6.07, 6.45) is 0.773. The molecule has 0 spiro atoms. The first-order valence-corrected chi connectivity index (χ1v) is 9.09. The Morgan fingerprint density at radius 3 is 2.26 bits per heavy atom. The summed E-state index contributed by atoms with van der Waals surface area (Å²) in [6.45, 7) is 2.65. The van der Waals surface area contributed by atoms with Crippen molar-refractivity contribution in [2.24, 2.45) is 0 Å². The first-order chi connectivity index (χ1) is 13.0. The lowest BCUT2D eigenvalue weighted by Gasteiger charge is -2.39. The minimum Gasteiger partial charge on any atom is -0.481 e. The molecular formula is C22H21NO4. The first-order valence-electron chi connectivity index (χ1n) is 9.09. The normalized spacial score (nSPS) is 16.4. The van der Waals surface area contributed by atoms with E-state index in [-0.39, 0.29) is 5.91 Å². The molecule has 5 heteroatoms. The van der Waals surface area contributed by atoms with Crippen LogP contribution in [0.5, 0.6) is 0 Å². The number of carboxylic acid groups (broad SMARTS) is 1. The van der Waals surface area contributed by atoms with E-state index in [2.05, 4.69) is 0 Å². The summed E-state index contributed by atoms with van der Waals surface area (Å²) in [5.74, 6) is -0.657. The van der Waals surface area contributed by atoms with E-state index in [9.17, 15) is 14.7 Å². The third-order valence-corrected chi connectivity index (χ3v) is 5.68. The molecule has 1 fully saturated rings. The molecule has 0 radical (unpaired) electrons. The Hall–Kier alpha value is -3.08. The molecule has 2 heterocycles. The topological polar surface area (TPSA) is 70.8 Å². The largest absolute Gasteiger partial charge is 0.481 e. The molecule has 5 nitrogen and oxygen atoms in total. The van der Waals surface area contributed by atoms with Gasteiger partial charge in [-0.15, -0.1) is 0 Å². The smallest absolute Gasteiger partial charge is 0.314 e. The van der Waals surface area contributed by atoms with Gasteiger partial charge in [-0.05, 0) is 31.4 Å². The number of carbonyl (C=O) groups is 2. The van der Waals surface area contributed by atoms with Gasteiger partial charge >= 0.3 is 5.97 Å². The van der Waals surface area contributed by atoms with E-state index < -0.39 is 11.4 Å². The van der Waals surface area contributed by atoms with E-state index in [0.717, 1.165) is 16.5 Å². The molecule has 3 aromatic rings. The van der Waals surface area contributed by atoms with Gasteiger partial charge in [0.15, 0.2) is 5.76 Å². The van der Waals surface area contributed by atoms with Crippen molar-refractivity contribution < 1.29 is 19.1 Å². The number of likely N-dealkylation sites (tertiary alicyclic amines) is 1. The van der Waals surface area contributed by atoms with Gasteiger partial charge in [0.25, 0.3) is 5.91 Å². The van der Waals surface area contributed by atoms with E-state index >= 15 is 0 Å². The highest BCUT2D eigenvalue weighted by Crippen LogP contribution is 2.37. The Bertz CT molecular complexity index is 998. The van der Waals surface area contributed by atoms with Crippen molar-refractivity contribution in [2.75, 3.05) is 13.1 Å². The fourth-order valence-electron chi connectivity index (χ4n) is 4.00. The number of fused-ring (bicyclic) bond motifs is 1. The van der Waals surface area contributed by atoms with Gasteiger partial charge in [-0.25, -0.2) is 0 Å². The maximum Gasteiger partial charge on any atom is 0.314 e. The molecule has 1 aliphatic heterocycles. The molecule has 1 saturated heterocycles. The average Bonchev–Trinajstić information content (AvgIpc) is 3.05. The van der Waals surface area contributed by atoms with Crippen molar-refractivity contribution in [1.82, 2.24) is 4.90 Å². The van der Waals surface area contributed by atoms with Crippen molar-refractivity contribution in [2.45, 2.75) is 25.2 Å². The van der Waals surface area contributed by atoms with Gasteiger partial charge < -0.3 is 14.4 Å². The van der Waals surface area contributed by atoms with Crippen LogP contribution < -0.4 is 0 Å². The number of para-hydroxylation sites is 1. The molecule has 2 aromatic carbocycles. The molecule has 1 N–H and O–H groups in total. The number of hydrogen-bond donors (Lipinski definition) is 1. The third-order valence-electron chi connectivity index (χ3n) is 5.68. The predicted octanol–water partition coefficient (Wildman–Crippen LogP) is 4.00. The zero-order valence-corrected chi connectivity index (χ0v) is 15.1. The fraction of sp³-hybridized carbons (Fsp3) is 0.273. The van der Waals surface area contributed by atoms with Gasteiger partial charge in [0.2, 0.25) is 0 Å². The SMILES string of the molecule is Cc1c(C(=O)N2CCC(C(=O)O)(c3ccccc3)CC2)oc2ccccc12. The van der Waals surface area contributed by atoms with Crippen molar-refractivity contribution in [3.63, 3.8) is 0 Å². The molecule has 1 amide bonds. The van der Waals surface area contributed by atoms with Crippen LogP contribution >= 0.6 is 0 Å². The number of aliphatic carboxylic acids is 1. The number of carboxylic acids is 1. The fourth-order valence-corrected chi connectivity index (χ4v) is 4.00. The first kappa shape index (κ1) is 17.3. The number of benzene rings is 2. The molecule has 0 atom stereocenters. The molecular weight excluding hydrogens is 342 g/mol. The van der Waals surface area contributed by atoms with Gasteiger partial charge in [-0.3, -0.25) is 9.59 Å². The molecule has 138 valence electrons. The van der Waals surface area contributed by atoms with E-state index in [0.29, 0.717) is 37.3 Å². The molecule has 0 bridgehead atoms. The number of furan rings is 1. The second kappa shape index (κ2) is 6.58. The van der Waals surface area contributed by atoms with Crippen LogP contribution in [-0.2, 0) is 10.2 Å². The lowest BCUT2D eigenvalue weighted by molar-refractivity contribution is -0.145. The molecule has 0 aliphatic carbocycles. The Balaban J connectivity index is 1.58. The number of nitrogens with zero attached hydrogens (tertiary/aromatic N) is 1. The number of hydrogen-bond acceptors (Lipinski definition) is 3. The highest BCUT2D eigenvalue weighted by Gasteiger charge is 2.44. The summed E-state index contributed by atoms with van der Waals surface area (Å²) in [6, 6.07) is 16.9. The van der Waals surface area contributed by atoms with E-state index in [1.807, 2.05) is 61.5 Å². The Kier molecular flexibility index (Phi) is 4.22. The third kappa shape index (κ3) is 2.79. The van der Waals surface area contributed by atoms with Crippen molar-refractivity contribution in [1.29, 1.82) is 0 Å². The van der Waals surface area contributed by atoms with Gasteiger partial charge in [0.1, 0.15) is 5.58 Å². The quantitative estimate of drug-likeness (QED) is 0.763. The number of carbonyl (C=O) groups excluding carboxylic acids is 1.